The summed E-state index contributed by atoms with van der Waals surface area (Å²) in [6.07, 6.45) is 0. The van der Waals surface area contributed by atoms with Crippen LogP contribution in [0.4, 0.5) is 0 Å². The third kappa shape index (κ3) is 8.94. The summed E-state index contributed by atoms with van der Waals surface area (Å²) in [5.74, 6) is 0. The van der Waals surface area contributed by atoms with Crippen molar-refractivity contribution < 1.29 is 18.1 Å². The van der Waals surface area contributed by atoms with Crippen LogP contribution >= 0.6 is 0 Å². The summed E-state index contributed by atoms with van der Waals surface area (Å²) in [7, 11) is 0. The Hall–Kier alpha value is 1.14. The smallest absolute Gasteiger partial charge is 1.00 e. The van der Waals surface area contributed by atoms with Gasteiger partial charge in [-0.25, -0.2) is 4.89 Å². The van der Waals surface area contributed by atoms with E-state index in [4.69, 9.17) is 10.4 Å². The molecule has 0 aromatic rings. The van der Waals surface area contributed by atoms with Gasteiger partial charge in [-0.15, -0.1) is 0 Å². The van der Waals surface area contributed by atoms with Crippen LogP contribution in [0.2, 0.25) is 0 Å². The van der Waals surface area contributed by atoms with Gasteiger partial charge in [0.25, 0.3) is 0 Å². The van der Waals surface area contributed by atoms with Gasteiger partial charge in [0.2, 0.25) is 0 Å². The molecule has 0 aliphatic heterocycles. The Balaban J connectivity index is -0.0000000267. The van der Waals surface area contributed by atoms with Gasteiger partial charge in [0.05, 0.1) is 6.61 Å². The van der Waals surface area contributed by atoms with Crippen molar-refractivity contribution in [2.75, 3.05) is 13.2 Å². The fraction of sp³-hybridized carbons (Fsp3) is 1.00. The first kappa shape index (κ1) is 10.2. The van der Waals surface area contributed by atoms with E-state index >= 15 is 0 Å². The van der Waals surface area contributed by atoms with Crippen LogP contribution < -0.4 is 0 Å². The zero-order valence-electron chi connectivity index (χ0n) is 5.42. The fourth-order valence-corrected chi connectivity index (χ4v) is 0.0408. The Morgan fingerprint density at radius 3 is 2.17 bits per heavy atom. The molecule has 0 saturated carbocycles. The minimum absolute atomic E-state index is 0. The molecule has 4 heteroatoms. The molecule has 36 valence electrons. The summed E-state index contributed by atoms with van der Waals surface area (Å²) in [5, 5.41) is 15.2. The van der Waals surface area contributed by atoms with E-state index < -0.39 is 0 Å². The molecule has 3 nitrogen and oxygen atoms in total. The van der Waals surface area contributed by atoms with E-state index in [1.165, 1.54) is 0 Å². The summed E-state index contributed by atoms with van der Waals surface area (Å²) in [6.45, 7) is -0.128. The fourth-order valence-electron chi connectivity index (χ4n) is 0.0408. The second-order valence-electron chi connectivity index (χ2n) is 0.557. The molecule has 0 spiro atoms. The van der Waals surface area contributed by atoms with Gasteiger partial charge < -0.3 is 7.96 Å². The molecule has 0 radical (unpaired) electrons. The Morgan fingerprint density at radius 1 is 1.67 bits per heavy atom. The van der Waals surface area contributed by atoms with Gasteiger partial charge in [-0.3, -0.25) is 5.26 Å². The van der Waals surface area contributed by atoms with Crippen molar-refractivity contribution in [2.24, 2.45) is 0 Å². The van der Waals surface area contributed by atoms with Gasteiger partial charge >= 0.3 is 37.7 Å². The van der Waals surface area contributed by atoms with Crippen molar-refractivity contribution in [3.05, 3.63) is 0 Å². The van der Waals surface area contributed by atoms with Crippen molar-refractivity contribution in [3.8, 4) is 0 Å². The normalized spacial score (nSPS) is 7.00. The van der Waals surface area contributed by atoms with Crippen LogP contribution in [0.5, 0.6) is 0 Å². The molecule has 0 fully saturated rings. The van der Waals surface area contributed by atoms with Gasteiger partial charge in [0.15, 0.2) is 0 Å². The number of hydrogen-bond acceptors (Lipinski definition) is 3. The molecule has 0 unspecified atom stereocenters. The molecule has 0 aromatic heterocycles. The molecule has 0 bridgehead atoms. The number of rotatable bonds is 2. The SMILES string of the molecule is OCCOO.[Ca+2].[H-].[H-]. The average Bonchev–Trinajstić information content (AvgIpc) is 1.41. The molecule has 0 saturated heterocycles. The maximum absolute atomic E-state index is 7.78. The maximum atomic E-state index is 7.78. The van der Waals surface area contributed by atoms with Crippen LogP contribution in [0, 0.1) is 0 Å². The monoisotopic (exact) mass is 120 g/mol. The van der Waals surface area contributed by atoms with Gasteiger partial charge in [0.1, 0.15) is 6.61 Å². The van der Waals surface area contributed by atoms with Crippen molar-refractivity contribution in [2.45, 2.75) is 0 Å². The van der Waals surface area contributed by atoms with Gasteiger partial charge in [-0.2, -0.15) is 0 Å². The van der Waals surface area contributed by atoms with Crippen molar-refractivity contribution >= 4 is 37.7 Å². The predicted octanol–water partition coefficient (Wildman–Crippen LogP) is -0.688. The number of aliphatic hydroxyl groups is 1. The molecular weight excluding hydrogens is 112 g/mol. The van der Waals surface area contributed by atoms with Crippen molar-refractivity contribution in [1.82, 2.24) is 0 Å². The van der Waals surface area contributed by atoms with E-state index in [-0.39, 0.29) is 53.8 Å². The minimum atomic E-state index is -0.128. The van der Waals surface area contributed by atoms with E-state index in [0.717, 1.165) is 0 Å². The van der Waals surface area contributed by atoms with Gasteiger partial charge in [-0.1, -0.05) is 0 Å². The largest absolute Gasteiger partial charge is 2.00 e. The van der Waals surface area contributed by atoms with Crippen LogP contribution in [-0.2, 0) is 4.89 Å². The van der Waals surface area contributed by atoms with E-state index in [0.29, 0.717) is 0 Å². The van der Waals surface area contributed by atoms with E-state index in [9.17, 15) is 0 Å². The second-order valence-corrected chi connectivity index (χ2v) is 0.557. The van der Waals surface area contributed by atoms with Gasteiger partial charge in [-0.05, 0) is 0 Å². The quantitative estimate of drug-likeness (QED) is 0.288. The average molecular weight is 120 g/mol. The van der Waals surface area contributed by atoms with E-state index in [1.807, 2.05) is 0 Å². The molecule has 0 rings (SSSR count). The van der Waals surface area contributed by atoms with Crippen LogP contribution in [0.3, 0.4) is 0 Å². The van der Waals surface area contributed by atoms with Crippen molar-refractivity contribution in [3.63, 3.8) is 0 Å². The first-order valence-electron chi connectivity index (χ1n) is 1.29. The Morgan fingerprint density at radius 2 is 2.17 bits per heavy atom. The molecule has 0 heterocycles. The number of aliphatic hydroxyl groups excluding tert-OH is 1. The van der Waals surface area contributed by atoms with Crippen LogP contribution in [0.1, 0.15) is 2.85 Å². The topological polar surface area (TPSA) is 49.7 Å². The van der Waals surface area contributed by atoms with Crippen LogP contribution in [-0.4, -0.2) is 61.3 Å². The molecule has 0 atom stereocenters. The molecule has 6 heavy (non-hydrogen) atoms. The summed E-state index contributed by atoms with van der Waals surface area (Å²) < 4.78 is 0. The van der Waals surface area contributed by atoms with Crippen LogP contribution in [0.15, 0.2) is 0 Å². The Bertz CT molecular complexity index is 22.8. The molecular formula is C2H8CaO3. The summed E-state index contributed by atoms with van der Waals surface area (Å²) in [5.41, 5.74) is 0. The molecule has 0 aliphatic rings. The first-order chi connectivity index (χ1) is 2.41. The summed E-state index contributed by atoms with van der Waals surface area (Å²) in [6, 6.07) is 0. The third-order valence-electron chi connectivity index (χ3n) is 0.183. The second kappa shape index (κ2) is 9.46. The Kier molecular flexibility index (Phi) is 16.1. The van der Waals surface area contributed by atoms with Crippen molar-refractivity contribution in [1.29, 1.82) is 0 Å². The Labute approximate surface area is 68.8 Å². The van der Waals surface area contributed by atoms with Crippen LogP contribution in [0.25, 0.3) is 0 Å². The molecule has 0 aromatic carbocycles. The summed E-state index contributed by atoms with van der Waals surface area (Å²) >= 11 is 0. The molecule has 0 amide bonds. The molecule has 0 aliphatic carbocycles. The standard InChI is InChI=1S/C2H6O3.Ca.2H/c3-1-2-5-4;;;/h3-4H,1-2H2;;;/q;+2;2*-1. The van der Waals surface area contributed by atoms with Gasteiger partial charge in [0, 0.05) is 0 Å². The molecule has 2 N–H and O–H groups in total. The summed E-state index contributed by atoms with van der Waals surface area (Å²) in [4.78, 5) is 3.44. The predicted molar refractivity (Wildman–Crippen MR) is 23.6 cm³/mol. The third-order valence-corrected chi connectivity index (χ3v) is 0.183. The maximum Gasteiger partial charge on any atom is 2.00 e. The van der Waals surface area contributed by atoms with E-state index in [2.05, 4.69) is 4.89 Å². The minimum Gasteiger partial charge on any atom is -1.00 e. The first-order valence-corrected chi connectivity index (χ1v) is 1.29. The number of hydrogen-bond donors (Lipinski definition) is 2. The zero-order valence-corrected chi connectivity index (χ0v) is 5.63. The van der Waals surface area contributed by atoms with E-state index in [1.54, 1.807) is 0 Å². The zero-order chi connectivity index (χ0) is 4.12.